The number of hydrogen-bond donors (Lipinski definition) is 1. The van der Waals surface area contributed by atoms with E-state index in [-0.39, 0.29) is 13.0 Å². The van der Waals surface area contributed by atoms with E-state index >= 15 is 0 Å². The molecular weight excluding hydrogens is 187 g/mol. The third kappa shape index (κ3) is 2.12. The Labute approximate surface area is 82.6 Å². The van der Waals surface area contributed by atoms with Crippen LogP contribution in [0, 0.1) is 0 Å². The van der Waals surface area contributed by atoms with E-state index in [1.165, 1.54) is 6.08 Å². The van der Waals surface area contributed by atoms with Crippen molar-refractivity contribution in [3.63, 3.8) is 0 Å². The number of allylic oxidation sites excluding steroid dienone is 1. The molecule has 0 saturated heterocycles. The van der Waals surface area contributed by atoms with Gasteiger partial charge >= 0.3 is 5.97 Å². The van der Waals surface area contributed by atoms with Crippen LogP contribution in [0.1, 0.15) is 26.7 Å². The van der Waals surface area contributed by atoms with Crippen molar-refractivity contribution >= 4 is 5.97 Å². The van der Waals surface area contributed by atoms with Gasteiger partial charge in [-0.05, 0) is 26.7 Å². The molecule has 1 rings (SSSR count). The van der Waals surface area contributed by atoms with Crippen LogP contribution in [0.3, 0.4) is 0 Å². The lowest BCUT2D eigenvalue weighted by molar-refractivity contribution is -0.157. The number of rotatable bonds is 3. The van der Waals surface area contributed by atoms with Gasteiger partial charge in [-0.2, -0.15) is 0 Å². The Morgan fingerprint density at radius 2 is 2.50 bits per heavy atom. The van der Waals surface area contributed by atoms with E-state index in [1.54, 1.807) is 13.8 Å². The smallest absolute Gasteiger partial charge is 0.344 e. The minimum absolute atomic E-state index is 0.123. The number of esters is 1. The molecule has 0 aromatic heterocycles. The fourth-order valence-corrected chi connectivity index (χ4v) is 1.59. The second kappa shape index (κ2) is 4.09. The quantitative estimate of drug-likeness (QED) is 0.555. The molecule has 1 N–H and O–H groups in total. The average Bonchev–Trinajstić information content (AvgIpc) is 2.47. The summed E-state index contributed by atoms with van der Waals surface area (Å²) in [6.07, 6.45) is 0.309. The highest BCUT2D eigenvalue weighted by Crippen LogP contribution is 2.32. The first-order valence-electron chi connectivity index (χ1n) is 4.71. The van der Waals surface area contributed by atoms with Crippen LogP contribution in [0.4, 0.5) is 4.39 Å². The Hall–Kier alpha value is -0.900. The molecule has 2 unspecified atom stereocenters. The first-order valence-corrected chi connectivity index (χ1v) is 4.71. The third-order valence-electron chi connectivity index (χ3n) is 2.35. The van der Waals surface area contributed by atoms with E-state index < -0.39 is 17.7 Å². The number of hydrogen-bond acceptors (Lipinski definition) is 3. The van der Waals surface area contributed by atoms with Crippen molar-refractivity contribution in [2.24, 2.45) is 0 Å². The molecule has 80 valence electrons. The van der Waals surface area contributed by atoms with Gasteiger partial charge in [-0.1, -0.05) is 11.6 Å². The van der Waals surface area contributed by atoms with Gasteiger partial charge in [0.25, 0.3) is 0 Å². The topological polar surface area (TPSA) is 46.5 Å². The predicted molar refractivity (Wildman–Crippen MR) is 49.5 cm³/mol. The minimum atomic E-state index is -1.97. The summed E-state index contributed by atoms with van der Waals surface area (Å²) in [5.41, 5.74) is -0.754. The number of carbonyl (C=O) groups excluding carboxylic acids is 1. The Balaban J connectivity index is 2.69. The zero-order valence-electron chi connectivity index (χ0n) is 8.42. The summed E-state index contributed by atoms with van der Waals surface area (Å²) in [6.45, 7) is 3.53. The first-order chi connectivity index (χ1) is 6.49. The summed E-state index contributed by atoms with van der Waals surface area (Å²) in [6, 6.07) is 0. The van der Waals surface area contributed by atoms with E-state index in [2.05, 4.69) is 4.74 Å². The molecular formula is C10H15FO3. The summed E-state index contributed by atoms with van der Waals surface area (Å²) in [5.74, 6) is -0.985. The van der Waals surface area contributed by atoms with E-state index in [4.69, 9.17) is 0 Å². The molecule has 2 atom stereocenters. The van der Waals surface area contributed by atoms with Crippen LogP contribution < -0.4 is 0 Å². The van der Waals surface area contributed by atoms with Gasteiger partial charge in [0.1, 0.15) is 5.60 Å². The van der Waals surface area contributed by atoms with E-state index in [0.29, 0.717) is 6.42 Å². The summed E-state index contributed by atoms with van der Waals surface area (Å²) in [5, 5.41) is 9.78. The van der Waals surface area contributed by atoms with Gasteiger partial charge in [-0.15, -0.1) is 0 Å². The second-order valence-corrected chi connectivity index (χ2v) is 3.60. The largest absolute Gasteiger partial charge is 0.464 e. The van der Waals surface area contributed by atoms with Crippen LogP contribution in [-0.4, -0.2) is 29.5 Å². The van der Waals surface area contributed by atoms with Crippen molar-refractivity contribution in [3.05, 3.63) is 11.6 Å². The lowest BCUT2D eigenvalue weighted by atomic mass is 9.97. The third-order valence-corrected chi connectivity index (χ3v) is 2.35. The number of halogens is 1. The molecule has 0 spiro atoms. The first kappa shape index (κ1) is 11.2. The van der Waals surface area contributed by atoms with Gasteiger partial charge < -0.3 is 9.84 Å². The van der Waals surface area contributed by atoms with Crippen LogP contribution in [0.25, 0.3) is 0 Å². The van der Waals surface area contributed by atoms with Gasteiger partial charge in [-0.25, -0.2) is 9.18 Å². The fourth-order valence-electron chi connectivity index (χ4n) is 1.59. The Bertz CT molecular complexity index is 262. The van der Waals surface area contributed by atoms with Crippen molar-refractivity contribution in [1.29, 1.82) is 0 Å². The summed E-state index contributed by atoms with van der Waals surface area (Å²) >= 11 is 0. The lowest BCUT2D eigenvalue weighted by Crippen LogP contribution is -2.42. The molecule has 1 aliphatic rings. The normalized spacial score (nSPS) is 28.4. The maximum atomic E-state index is 13.5. The molecule has 0 fully saturated rings. The summed E-state index contributed by atoms with van der Waals surface area (Å²) in [4.78, 5) is 11.1. The van der Waals surface area contributed by atoms with E-state index in [1.807, 2.05) is 0 Å². The Morgan fingerprint density at radius 1 is 1.86 bits per heavy atom. The standard InChI is InChI=1S/C10H15FO3/c1-3-14-9(12)8(11)10(13)5-4-7(2)6-10/h6,8,13H,3-5H2,1-2H3. The molecule has 3 nitrogen and oxygen atoms in total. The van der Waals surface area contributed by atoms with Gasteiger partial charge in [0, 0.05) is 0 Å². The van der Waals surface area contributed by atoms with Crippen molar-refractivity contribution in [2.45, 2.75) is 38.5 Å². The molecule has 4 heteroatoms. The monoisotopic (exact) mass is 202 g/mol. The molecule has 0 amide bonds. The van der Waals surface area contributed by atoms with Gasteiger partial charge in [0.2, 0.25) is 6.17 Å². The Morgan fingerprint density at radius 3 is 2.93 bits per heavy atom. The lowest BCUT2D eigenvalue weighted by Gasteiger charge is -2.23. The number of ether oxygens (including phenoxy) is 1. The molecule has 0 aromatic rings. The van der Waals surface area contributed by atoms with E-state index in [9.17, 15) is 14.3 Å². The molecule has 0 bridgehead atoms. The van der Waals surface area contributed by atoms with Crippen molar-refractivity contribution in [1.82, 2.24) is 0 Å². The highest BCUT2D eigenvalue weighted by Gasteiger charge is 2.43. The highest BCUT2D eigenvalue weighted by atomic mass is 19.1. The van der Waals surface area contributed by atoms with Crippen LogP contribution in [0.5, 0.6) is 0 Å². The minimum Gasteiger partial charge on any atom is -0.464 e. The van der Waals surface area contributed by atoms with Gasteiger partial charge in [0.15, 0.2) is 0 Å². The Kier molecular flexibility index (Phi) is 3.26. The van der Waals surface area contributed by atoms with Crippen LogP contribution >= 0.6 is 0 Å². The van der Waals surface area contributed by atoms with Crippen LogP contribution in [0.15, 0.2) is 11.6 Å². The van der Waals surface area contributed by atoms with Gasteiger partial charge in [-0.3, -0.25) is 0 Å². The molecule has 0 heterocycles. The number of aliphatic hydroxyl groups is 1. The SMILES string of the molecule is CCOC(=O)C(F)C1(O)C=C(C)CC1. The molecule has 14 heavy (non-hydrogen) atoms. The molecule has 0 aromatic carbocycles. The second-order valence-electron chi connectivity index (χ2n) is 3.60. The summed E-state index contributed by atoms with van der Waals surface area (Å²) < 4.78 is 18.0. The number of carbonyl (C=O) groups is 1. The zero-order valence-corrected chi connectivity index (χ0v) is 8.42. The van der Waals surface area contributed by atoms with Crippen molar-refractivity contribution in [2.75, 3.05) is 6.61 Å². The average molecular weight is 202 g/mol. The summed E-state index contributed by atoms with van der Waals surface area (Å²) in [7, 11) is 0. The van der Waals surface area contributed by atoms with Crippen molar-refractivity contribution < 1.29 is 19.0 Å². The highest BCUT2D eigenvalue weighted by molar-refractivity contribution is 5.76. The van der Waals surface area contributed by atoms with Crippen LogP contribution in [-0.2, 0) is 9.53 Å². The molecule has 0 aliphatic heterocycles. The maximum Gasteiger partial charge on any atom is 0.344 e. The zero-order chi connectivity index (χ0) is 10.8. The van der Waals surface area contributed by atoms with Gasteiger partial charge in [0.05, 0.1) is 6.61 Å². The van der Waals surface area contributed by atoms with Crippen LogP contribution in [0.2, 0.25) is 0 Å². The fraction of sp³-hybridized carbons (Fsp3) is 0.700. The molecule has 0 radical (unpaired) electrons. The molecule has 0 saturated carbocycles. The maximum absolute atomic E-state index is 13.5. The van der Waals surface area contributed by atoms with E-state index in [0.717, 1.165) is 5.57 Å². The number of alkyl halides is 1. The van der Waals surface area contributed by atoms with Crippen molar-refractivity contribution in [3.8, 4) is 0 Å². The molecule has 1 aliphatic carbocycles. The predicted octanol–water partition coefficient (Wildman–Crippen LogP) is 1.36.